The summed E-state index contributed by atoms with van der Waals surface area (Å²) in [7, 11) is -4.01. The van der Waals surface area contributed by atoms with E-state index >= 15 is 0 Å². The summed E-state index contributed by atoms with van der Waals surface area (Å²) in [5.74, 6) is 0.809. The highest BCUT2D eigenvalue weighted by Crippen LogP contribution is 2.47. The fraction of sp³-hybridized carbons (Fsp3) is 0.625. The Balaban J connectivity index is 1.94. The Kier molecular flexibility index (Phi) is 3.99. The van der Waals surface area contributed by atoms with Gasteiger partial charge in [0.1, 0.15) is 0 Å². The van der Waals surface area contributed by atoms with Crippen molar-refractivity contribution in [1.82, 2.24) is 0 Å². The molecule has 1 saturated heterocycles. The molecule has 2 unspecified atom stereocenters. The van der Waals surface area contributed by atoms with Crippen molar-refractivity contribution in [1.29, 1.82) is 0 Å². The maximum Gasteiger partial charge on any atom is 0.416 e. The number of hydrogen-bond donors (Lipinski definition) is 0. The Bertz CT molecular complexity index is 695. The van der Waals surface area contributed by atoms with Crippen molar-refractivity contribution in [2.24, 2.45) is 11.8 Å². The van der Waals surface area contributed by atoms with Gasteiger partial charge in [-0.2, -0.15) is 13.2 Å². The van der Waals surface area contributed by atoms with Crippen LogP contribution in [-0.4, -0.2) is 20.0 Å². The van der Waals surface area contributed by atoms with Crippen molar-refractivity contribution >= 4 is 9.84 Å². The molecule has 0 N–H and O–H groups in total. The van der Waals surface area contributed by atoms with Crippen LogP contribution < -0.4 is 0 Å². The summed E-state index contributed by atoms with van der Waals surface area (Å²) < 4.78 is 69.8. The molecule has 1 aliphatic carbocycles. The molecule has 0 radical (unpaired) electrons. The van der Waals surface area contributed by atoms with Gasteiger partial charge in [-0.15, -0.1) is 0 Å². The zero-order chi connectivity index (χ0) is 16.9. The first-order valence-electron chi connectivity index (χ1n) is 7.69. The maximum absolute atomic E-state index is 12.9. The largest absolute Gasteiger partial charge is 0.416 e. The van der Waals surface area contributed by atoms with Crippen LogP contribution in [0, 0.1) is 11.8 Å². The van der Waals surface area contributed by atoms with E-state index in [9.17, 15) is 21.6 Å². The molecule has 1 saturated carbocycles. The zero-order valence-corrected chi connectivity index (χ0v) is 13.6. The summed E-state index contributed by atoms with van der Waals surface area (Å²) in [6, 6.07) is 3.90. The van der Waals surface area contributed by atoms with Crippen molar-refractivity contribution in [2.75, 3.05) is 6.61 Å². The minimum Gasteiger partial charge on any atom is -0.359 e. The summed E-state index contributed by atoms with van der Waals surface area (Å²) in [5, 5.41) is 0. The number of ether oxygens (including phenoxy) is 1. The van der Waals surface area contributed by atoms with Crippen LogP contribution in [-0.2, 0) is 20.8 Å². The van der Waals surface area contributed by atoms with Gasteiger partial charge in [0.2, 0.25) is 9.84 Å². The van der Waals surface area contributed by atoms with Crippen LogP contribution in [0.15, 0.2) is 29.2 Å². The molecule has 23 heavy (non-hydrogen) atoms. The van der Waals surface area contributed by atoms with Gasteiger partial charge >= 0.3 is 6.18 Å². The highest BCUT2D eigenvalue weighted by Gasteiger charge is 2.49. The minimum atomic E-state index is -4.57. The normalized spacial score (nSPS) is 29.5. The number of alkyl halides is 3. The lowest BCUT2D eigenvalue weighted by molar-refractivity contribution is -0.137. The molecule has 7 heteroatoms. The lowest BCUT2D eigenvalue weighted by atomic mass is 9.91. The molecule has 2 atom stereocenters. The highest BCUT2D eigenvalue weighted by molar-refractivity contribution is 7.92. The molecule has 3 nitrogen and oxygen atoms in total. The number of sulfone groups is 1. The second kappa shape index (κ2) is 5.48. The van der Waals surface area contributed by atoms with E-state index in [1.54, 1.807) is 0 Å². The van der Waals surface area contributed by atoms with Crippen molar-refractivity contribution in [3.8, 4) is 0 Å². The molecule has 0 amide bonds. The van der Waals surface area contributed by atoms with Gasteiger partial charge in [0.25, 0.3) is 0 Å². The molecule has 1 aromatic rings. The van der Waals surface area contributed by atoms with Crippen LogP contribution in [0.5, 0.6) is 0 Å². The maximum atomic E-state index is 12.9. The number of benzene rings is 1. The molecule has 3 rings (SSSR count). The first kappa shape index (κ1) is 16.8. The van der Waals surface area contributed by atoms with Crippen LogP contribution in [0.25, 0.3) is 0 Å². The van der Waals surface area contributed by atoms with Gasteiger partial charge < -0.3 is 4.74 Å². The Morgan fingerprint density at radius 2 is 1.87 bits per heavy atom. The first-order valence-corrected chi connectivity index (χ1v) is 9.18. The fourth-order valence-corrected chi connectivity index (χ4v) is 5.02. The minimum absolute atomic E-state index is 0.273. The third kappa shape index (κ3) is 3.13. The van der Waals surface area contributed by atoms with Gasteiger partial charge in [-0.3, -0.25) is 0 Å². The van der Waals surface area contributed by atoms with Gasteiger partial charge in [-0.25, -0.2) is 8.42 Å². The molecule has 0 bridgehead atoms. The van der Waals surface area contributed by atoms with E-state index in [1.165, 1.54) is 13.0 Å². The topological polar surface area (TPSA) is 43.4 Å². The third-order valence-corrected chi connectivity index (χ3v) is 7.15. The number of hydrogen-bond acceptors (Lipinski definition) is 3. The summed E-state index contributed by atoms with van der Waals surface area (Å²) in [6.07, 6.45) is -1.21. The summed E-state index contributed by atoms with van der Waals surface area (Å²) in [4.78, 5) is -1.78. The van der Waals surface area contributed by atoms with Crippen molar-refractivity contribution in [3.63, 3.8) is 0 Å². The van der Waals surface area contributed by atoms with Gasteiger partial charge in [-0.05, 0) is 62.6 Å². The van der Waals surface area contributed by atoms with Gasteiger partial charge in [-0.1, -0.05) is 6.07 Å². The van der Waals surface area contributed by atoms with Crippen LogP contribution in [0.2, 0.25) is 0 Å². The Hall–Kier alpha value is -1.08. The average molecular weight is 348 g/mol. The average Bonchev–Trinajstić information content (AvgIpc) is 3.31. The van der Waals surface area contributed by atoms with E-state index in [2.05, 4.69) is 0 Å². The standard InChI is InChI=1S/C16H19F3O3S/c1-15(10-12(7-8-22-15)11-5-6-11)23(20,21)14-4-2-3-13(9-14)16(17,18)19/h2-4,9,11-12H,5-8,10H2,1H3. The second-order valence-corrected chi connectivity index (χ2v) is 8.94. The Morgan fingerprint density at radius 3 is 2.48 bits per heavy atom. The molecular formula is C16H19F3O3S. The van der Waals surface area contributed by atoms with Gasteiger partial charge in [0.05, 0.1) is 10.5 Å². The monoisotopic (exact) mass is 348 g/mol. The van der Waals surface area contributed by atoms with E-state index < -0.39 is 26.5 Å². The molecule has 2 fully saturated rings. The summed E-state index contributed by atoms with van der Waals surface area (Å²) in [6.45, 7) is 1.81. The van der Waals surface area contributed by atoms with Crippen molar-refractivity contribution < 1.29 is 26.3 Å². The lowest BCUT2D eigenvalue weighted by Gasteiger charge is -2.38. The Labute approximate surface area is 133 Å². The van der Waals surface area contributed by atoms with Gasteiger partial charge in [0.15, 0.2) is 4.93 Å². The smallest absolute Gasteiger partial charge is 0.359 e. The summed E-state index contributed by atoms with van der Waals surface area (Å²) >= 11 is 0. The first-order chi connectivity index (χ1) is 10.6. The lowest BCUT2D eigenvalue weighted by Crippen LogP contribution is -2.44. The molecule has 1 aliphatic heterocycles. The predicted molar refractivity (Wildman–Crippen MR) is 78.4 cm³/mol. The molecular weight excluding hydrogens is 329 g/mol. The van der Waals surface area contributed by atoms with E-state index in [0.717, 1.165) is 31.4 Å². The molecule has 2 aliphatic rings. The van der Waals surface area contributed by atoms with E-state index in [-0.39, 0.29) is 10.8 Å². The van der Waals surface area contributed by atoms with E-state index in [0.29, 0.717) is 25.0 Å². The number of halogens is 3. The SMILES string of the molecule is CC1(S(=O)(=O)c2cccc(C(F)(F)F)c2)CC(C2CC2)CCO1. The van der Waals surface area contributed by atoms with E-state index in [4.69, 9.17) is 4.74 Å². The van der Waals surface area contributed by atoms with Crippen LogP contribution in [0.4, 0.5) is 13.2 Å². The van der Waals surface area contributed by atoms with Crippen LogP contribution in [0.3, 0.4) is 0 Å². The zero-order valence-electron chi connectivity index (χ0n) is 12.8. The second-order valence-electron chi connectivity index (χ2n) is 6.60. The quantitative estimate of drug-likeness (QED) is 0.828. The predicted octanol–water partition coefficient (Wildman–Crippen LogP) is 4.03. The summed E-state index contributed by atoms with van der Waals surface area (Å²) in [5.41, 5.74) is -0.961. The van der Waals surface area contributed by atoms with Gasteiger partial charge in [0, 0.05) is 6.61 Å². The molecule has 1 heterocycles. The number of rotatable bonds is 3. The van der Waals surface area contributed by atoms with Crippen LogP contribution in [0.1, 0.15) is 38.2 Å². The highest BCUT2D eigenvalue weighted by atomic mass is 32.2. The molecule has 0 spiro atoms. The Morgan fingerprint density at radius 1 is 1.17 bits per heavy atom. The molecule has 0 aromatic heterocycles. The van der Waals surface area contributed by atoms with Crippen LogP contribution >= 0.6 is 0 Å². The molecule has 128 valence electrons. The molecule has 1 aromatic carbocycles. The third-order valence-electron chi connectivity index (χ3n) is 4.86. The fourth-order valence-electron chi connectivity index (χ4n) is 3.31. The van der Waals surface area contributed by atoms with E-state index in [1.807, 2.05) is 0 Å². The van der Waals surface area contributed by atoms with Crippen molar-refractivity contribution in [2.45, 2.75) is 48.6 Å². The van der Waals surface area contributed by atoms with Crippen molar-refractivity contribution in [3.05, 3.63) is 29.8 Å².